The lowest BCUT2D eigenvalue weighted by molar-refractivity contribution is -0.138. The molecule has 2 heterocycles. The van der Waals surface area contributed by atoms with E-state index >= 15 is 0 Å². The third-order valence-corrected chi connectivity index (χ3v) is 8.89. The first-order valence-electron chi connectivity index (χ1n) is 13.4. The van der Waals surface area contributed by atoms with Gasteiger partial charge in [0.15, 0.2) is 9.84 Å². The number of benzene rings is 2. The van der Waals surface area contributed by atoms with Crippen LogP contribution in [-0.4, -0.2) is 37.5 Å². The minimum Gasteiger partial charge on any atom is -0.460 e. The molecule has 0 bridgehead atoms. The third-order valence-electron chi connectivity index (χ3n) is 6.94. The number of aryl methyl sites for hydroxylation is 1. The first-order chi connectivity index (χ1) is 20.2. The van der Waals surface area contributed by atoms with Gasteiger partial charge in [-0.05, 0) is 48.4 Å². The molecule has 0 spiro atoms. The van der Waals surface area contributed by atoms with Gasteiger partial charge in [0.1, 0.15) is 11.3 Å². The van der Waals surface area contributed by atoms with E-state index in [9.17, 15) is 31.2 Å². The van der Waals surface area contributed by atoms with Gasteiger partial charge in [0.25, 0.3) is 5.91 Å². The average Bonchev–Trinajstić information content (AvgIpc) is 3.31. The van der Waals surface area contributed by atoms with Crippen LogP contribution in [0, 0.1) is 0 Å². The summed E-state index contributed by atoms with van der Waals surface area (Å²) >= 11 is 5.83. The van der Waals surface area contributed by atoms with Crippen molar-refractivity contribution in [2.45, 2.75) is 50.7 Å². The molecule has 228 valence electrons. The highest BCUT2D eigenvalue weighted by molar-refractivity contribution is 7.91. The van der Waals surface area contributed by atoms with Crippen LogP contribution in [0.4, 0.5) is 13.2 Å². The van der Waals surface area contributed by atoms with Crippen molar-refractivity contribution in [2.24, 2.45) is 0 Å². The van der Waals surface area contributed by atoms with Gasteiger partial charge in [-0.2, -0.15) is 13.2 Å². The van der Waals surface area contributed by atoms with Gasteiger partial charge < -0.3 is 15.1 Å². The van der Waals surface area contributed by atoms with E-state index in [2.05, 4.69) is 15.6 Å². The zero-order chi connectivity index (χ0) is 31.5. The molecule has 0 saturated carbocycles. The van der Waals surface area contributed by atoms with Crippen LogP contribution in [0.1, 0.15) is 65.3 Å². The summed E-state index contributed by atoms with van der Waals surface area (Å²) in [4.78, 5) is 29.1. The number of fused-ring (bicyclic) bond motifs is 1. The fraction of sp³-hybridized carbons (Fsp3) is 0.300. The molecule has 4 aromatic rings. The summed E-state index contributed by atoms with van der Waals surface area (Å²) in [6, 6.07) is 10.4. The van der Waals surface area contributed by atoms with Gasteiger partial charge in [-0.3, -0.25) is 14.6 Å². The predicted octanol–water partition coefficient (Wildman–Crippen LogP) is 6.05. The number of hydrogen-bond acceptors (Lipinski definition) is 6. The van der Waals surface area contributed by atoms with Crippen molar-refractivity contribution in [3.63, 3.8) is 0 Å². The van der Waals surface area contributed by atoms with Crippen molar-refractivity contribution in [1.29, 1.82) is 0 Å². The molecule has 8 nitrogen and oxygen atoms in total. The van der Waals surface area contributed by atoms with Gasteiger partial charge in [0.2, 0.25) is 5.91 Å². The first-order valence-corrected chi connectivity index (χ1v) is 15.4. The number of furan rings is 1. The number of pyridine rings is 1. The number of sulfone groups is 1. The smallest absolute Gasteiger partial charge is 0.416 e. The van der Waals surface area contributed by atoms with Crippen molar-refractivity contribution in [3.8, 4) is 0 Å². The van der Waals surface area contributed by atoms with Crippen molar-refractivity contribution in [2.75, 3.05) is 12.3 Å². The maximum Gasteiger partial charge on any atom is 0.416 e. The van der Waals surface area contributed by atoms with Gasteiger partial charge in [0, 0.05) is 47.6 Å². The molecule has 0 saturated heterocycles. The maximum atomic E-state index is 13.7. The first kappa shape index (κ1) is 32.0. The molecule has 2 aromatic carbocycles. The fourth-order valence-corrected chi connectivity index (χ4v) is 5.67. The van der Waals surface area contributed by atoms with Crippen LogP contribution in [-0.2, 0) is 33.6 Å². The highest BCUT2D eigenvalue weighted by Gasteiger charge is 2.34. The van der Waals surface area contributed by atoms with Crippen molar-refractivity contribution >= 4 is 44.2 Å². The highest BCUT2D eigenvalue weighted by atomic mass is 35.5. The Morgan fingerprint density at radius 3 is 2.42 bits per heavy atom. The quantitative estimate of drug-likeness (QED) is 0.219. The molecule has 13 heteroatoms. The number of carbonyl (C=O) groups is 2. The molecule has 2 amide bonds. The number of amides is 2. The van der Waals surface area contributed by atoms with E-state index in [0.717, 1.165) is 11.6 Å². The normalized spacial score (nSPS) is 12.7. The standard InChI is InChI=1S/C30H29ClF3N3O5S/c1-4-22-23-10-7-19(13-28(23)42-27(22)12-18-6-8-20(31)14-24(18)30(32,33)34)29(39)37-26(16-35-17(3)38)25-11-9-21(15-36-25)43(40,41)5-2/h6-11,13-15,26H,4-5,12,16H2,1-3H3,(H,35,38)(H,37,39)/t26-/m0/s1. The SMILES string of the molecule is CCc1c(Cc2ccc(Cl)cc2C(F)(F)F)oc2cc(C(=O)N[C@@H](CNC(C)=O)c3ccc(S(=O)(=O)CC)cn3)ccc12. The molecule has 0 unspecified atom stereocenters. The third kappa shape index (κ3) is 7.37. The molecule has 0 aliphatic rings. The van der Waals surface area contributed by atoms with E-state index in [1.54, 1.807) is 12.1 Å². The molecule has 0 aliphatic carbocycles. The van der Waals surface area contributed by atoms with Gasteiger partial charge in [-0.15, -0.1) is 0 Å². The summed E-state index contributed by atoms with van der Waals surface area (Å²) in [5.41, 5.74) is 0.745. The molecule has 43 heavy (non-hydrogen) atoms. The second kappa shape index (κ2) is 12.8. The largest absolute Gasteiger partial charge is 0.460 e. The zero-order valence-corrected chi connectivity index (χ0v) is 25.1. The number of alkyl halides is 3. The fourth-order valence-electron chi connectivity index (χ4n) is 4.68. The van der Waals surface area contributed by atoms with Gasteiger partial charge >= 0.3 is 6.18 Å². The lowest BCUT2D eigenvalue weighted by Gasteiger charge is -2.19. The van der Waals surface area contributed by atoms with E-state index in [0.29, 0.717) is 28.8 Å². The molecule has 0 aliphatic heterocycles. The number of aromatic nitrogens is 1. The van der Waals surface area contributed by atoms with Crippen LogP contribution in [0.15, 0.2) is 64.0 Å². The Bertz CT molecular complexity index is 1770. The van der Waals surface area contributed by atoms with Crippen molar-refractivity contribution < 1.29 is 35.6 Å². The summed E-state index contributed by atoms with van der Waals surface area (Å²) in [7, 11) is -3.48. The summed E-state index contributed by atoms with van der Waals surface area (Å²) in [5, 5.41) is 6.07. The monoisotopic (exact) mass is 635 g/mol. The molecule has 2 N–H and O–H groups in total. The Morgan fingerprint density at radius 2 is 1.81 bits per heavy atom. The Labute approximate surface area is 251 Å². The molecule has 0 radical (unpaired) electrons. The molecule has 4 rings (SSSR count). The average molecular weight is 636 g/mol. The Morgan fingerprint density at radius 1 is 1.07 bits per heavy atom. The lowest BCUT2D eigenvalue weighted by atomic mass is 9.99. The number of hydrogen-bond donors (Lipinski definition) is 2. The van der Waals surface area contributed by atoms with Crippen LogP contribution in [0.2, 0.25) is 5.02 Å². The molecule has 0 fully saturated rings. The van der Waals surface area contributed by atoms with Crippen LogP contribution < -0.4 is 10.6 Å². The van der Waals surface area contributed by atoms with E-state index in [1.165, 1.54) is 50.4 Å². The van der Waals surface area contributed by atoms with E-state index in [1.807, 2.05) is 6.92 Å². The van der Waals surface area contributed by atoms with Crippen molar-refractivity contribution in [3.05, 3.63) is 93.5 Å². The number of halogens is 4. The van der Waals surface area contributed by atoms with Crippen LogP contribution in [0.3, 0.4) is 0 Å². The Hall–Kier alpha value is -3.90. The van der Waals surface area contributed by atoms with Gasteiger partial charge in [0.05, 0.1) is 27.9 Å². The molecular formula is C30H29ClF3N3O5S. The lowest BCUT2D eigenvalue weighted by Crippen LogP contribution is -2.37. The Balaban J connectivity index is 1.63. The number of nitrogens with zero attached hydrogens (tertiary/aromatic N) is 1. The van der Waals surface area contributed by atoms with E-state index < -0.39 is 33.5 Å². The second-order valence-electron chi connectivity index (χ2n) is 9.83. The maximum absolute atomic E-state index is 13.7. The summed E-state index contributed by atoms with van der Waals surface area (Å²) in [5.74, 6) is -0.620. The van der Waals surface area contributed by atoms with Gasteiger partial charge in [-0.1, -0.05) is 37.6 Å². The zero-order valence-electron chi connectivity index (χ0n) is 23.5. The Kier molecular flexibility index (Phi) is 9.50. The minimum atomic E-state index is -4.60. The predicted molar refractivity (Wildman–Crippen MR) is 156 cm³/mol. The number of carbonyl (C=O) groups excluding carboxylic acids is 2. The molecular weight excluding hydrogens is 607 g/mol. The molecule has 1 atom stereocenters. The van der Waals surface area contributed by atoms with Crippen LogP contribution in [0.25, 0.3) is 11.0 Å². The second-order valence-corrected chi connectivity index (χ2v) is 12.5. The van der Waals surface area contributed by atoms with E-state index in [-0.39, 0.29) is 45.7 Å². The van der Waals surface area contributed by atoms with E-state index in [4.69, 9.17) is 16.0 Å². The molecule has 2 aromatic heterocycles. The van der Waals surface area contributed by atoms with Crippen LogP contribution >= 0.6 is 11.6 Å². The topological polar surface area (TPSA) is 118 Å². The van der Waals surface area contributed by atoms with Gasteiger partial charge in [-0.25, -0.2) is 8.42 Å². The van der Waals surface area contributed by atoms with Crippen LogP contribution in [0.5, 0.6) is 0 Å². The summed E-state index contributed by atoms with van der Waals surface area (Å²) in [6.07, 6.45) is -3.04. The highest BCUT2D eigenvalue weighted by Crippen LogP contribution is 2.36. The summed E-state index contributed by atoms with van der Waals surface area (Å²) < 4.78 is 71.4. The number of nitrogens with one attached hydrogen (secondary N) is 2. The minimum absolute atomic E-state index is 0.00897. The number of rotatable bonds is 10. The van der Waals surface area contributed by atoms with Crippen molar-refractivity contribution in [1.82, 2.24) is 15.6 Å². The summed E-state index contributed by atoms with van der Waals surface area (Å²) in [6.45, 7) is 4.68.